The van der Waals surface area contributed by atoms with E-state index in [2.05, 4.69) is 27.7 Å². The first-order valence-corrected chi connectivity index (χ1v) is 13.1. The molecule has 2 aromatic carbocycles. The number of rotatable bonds is 8. The number of fused-ring (bicyclic) bond motifs is 1. The zero-order valence-electron chi connectivity index (χ0n) is 20.3. The molecular formula is C28H33N3O3S. The molecule has 3 aromatic rings. The summed E-state index contributed by atoms with van der Waals surface area (Å²) in [5.41, 5.74) is 1.17. The highest BCUT2D eigenvalue weighted by Gasteiger charge is 2.30. The van der Waals surface area contributed by atoms with E-state index < -0.39 is 12.1 Å². The Morgan fingerprint density at radius 1 is 1.09 bits per heavy atom. The van der Waals surface area contributed by atoms with Gasteiger partial charge in [-0.2, -0.15) is 0 Å². The van der Waals surface area contributed by atoms with E-state index in [-0.39, 0.29) is 23.5 Å². The number of likely N-dealkylation sites (tertiary alicyclic amines) is 1. The van der Waals surface area contributed by atoms with Gasteiger partial charge in [0.25, 0.3) is 5.91 Å². The number of carbonyl (C=O) groups excluding carboxylic acids is 3. The molecular weight excluding hydrogens is 458 g/mol. The van der Waals surface area contributed by atoms with Crippen LogP contribution in [-0.4, -0.2) is 47.7 Å². The summed E-state index contributed by atoms with van der Waals surface area (Å²) in [5, 5.41) is 6.89. The van der Waals surface area contributed by atoms with E-state index in [9.17, 15) is 14.4 Å². The molecule has 184 valence electrons. The number of benzene rings is 2. The Bertz CT molecular complexity index is 1140. The van der Waals surface area contributed by atoms with E-state index in [1.165, 1.54) is 16.9 Å². The Labute approximate surface area is 210 Å². The lowest BCUT2D eigenvalue weighted by Crippen LogP contribution is -2.52. The highest BCUT2D eigenvalue weighted by molar-refractivity contribution is 7.20. The van der Waals surface area contributed by atoms with E-state index in [0.717, 1.165) is 23.1 Å². The highest BCUT2D eigenvalue weighted by atomic mass is 32.1. The van der Waals surface area contributed by atoms with Gasteiger partial charge in [-0.1, -0.05) is 62.4 Å². The van der Waals surface area contributed by atoms with Gasteiger partial charge in [-0.3, -0.25) is 19.3 Å². The first-order valence-electron chi connectivity index (χ1n) is 12.3. The van der Waals surface area contributed by atoms with Crippen LogP contribution in [0.25, 0.3) is 10.1 Å². The molecule has 1 aliphatic rings. The second kappa shape index (κ2) is 11.6. The van der Waals surface area contributed by atoms with Crippen LogP contribution in [0.5, 0.6) is 0 Å². The zero-order chi connectivity index (χ0) is 24.8. The van der Waals surface area contributed by atoms with Crippen LogP contribution < -0.4 is 10.6 Å². The fourth-order valence-corrected chi connectivity index (χ4v) is 5.48. The van der Waals surface area contributed by atoms with Gasteiger partial charge in [0.05, 0.1) is 17.5 Å². The average molecular weight is 492 g/mol. The summed E-state index contributed by atoms with van der Waals surface area (Å²) in [6, 6.07) is 18.6. The van der Waals surface area contributed by atoms with Gasteiger partial charge < -0.3 is 10.6 Å². The molecule has 4 rings (SSSR count). The third-order valence-electron chi connectivity index (χ3n) is 6.28. The first kappa shape index (κ1) is 25.1. The summed E-state index contributed by atoms with van der Waals surface area (Å²) in [6.45, 7) is 5.87. The SMILES string of the molecule is CC(C)C[C@H](NC(=O)c1cc2ccccc2s1)C(=O)NC1CCCN(Cc2ccccc2)CC1=O. The van der Waals surface area contributed by atoms with Crippen molar-refractivity contribution in [1.82, 2.24) is 15.5 Å². The highest BCUT2D eigenvalue weighted by Crippen LogP contribution is 2.25. The summed E-state index contributed by atoms with van der Waals surface area (Å²) >= 11 is 1.41. The standard InChI is InChI=1S/C28H33N3O3S/c1-19(2)15-23(30-28(34)26-16-21-11-6-7-13-25(21)35-26)27(33)29-22-12-8-14-31(18-24(22)32)17-20-9-4-3-5-10-20/h3-7,9-11,13,16,19,22-23H,8,12,14-15,17-18H2,1-2H3,(H,29,33)(H,30,34)/t22?,23-/m0/s1. The molecule has 1 aromatic heterocycles. The molecule has 0 saturated carbocycles. The van der Waals surface area contributed by atoms with Gasteiger partial charge in [0.1, 0.15) is 6.04 Å². The van der Waals surface area contributed by atoms with Gasteiger partial charge in [0, 0.05) is 11.2 Å². The smallest absolute Gasteiger partial charge is 0.262 e. The lowest BCUT2D eigenvalue weighted by molar-refractivity contribution is -0.129. The first-order chi connectivity index (χ1) is 16.9. The molecule has 1 aliphatic heterocycles. The van der Waals surface area contributed by atoms with Crippen molar-refractivity contribution in [2.24, 2.45) is 5.92 Å². The molecule has 0 spiro atoms. The predicted octanol–water partition coefficient (Wildman–Crippen LogP) is 4.40. The van der Waals surface area contributed by atoms with E-state index in [4.69, 9.17) is 0 Å². The average Bonchev–Trinajstić information content (AvgIpc) is 3.20. The Balaban J connectivity index is 1.39. The number of Topliss-reactive ketones (excluding diaryl/α,β-unsaturated/α-hetero) is 1. The van der Waals surface area contributed by atoms with Crippen molar-refractivity contribution in [3.8, 4) is 0 Å². The molecule has 0 bridgehead atoms. The Kier molecular flexibility index (Phi) is 8.31. The summed E-state index contributed by atoms with van der Waals surface area (Å²) in [7, 11) is 0. The van der Waals surface area contributed by atoms with Crippen LogP contribution >= 0.6 is 11.3 Å². The topological polar surface area (TPSA) is 78.5 Å². The number of hydrogen-bond acceptors (Lipinski definition) is 5. The molecule has 2 atom stereocenters. The summed E-state index contributed by atoms with van der Waals surface area (Å²) < 4.78 is 1.03. The number of ketones is 1. The number of hydrogen-bond donors (Lipinski definition) is 2. The van der Waals surface area contributed by atoms with Crippen molar-refractivity contribution in [3.63, 3.8) is 0 Å². The van der Waals surface area contributed by atoms with E-state index in [0.29, 0.717) is 30.8 Å². The molecule has 2 amide bonds. The van der Waals surface area contributed by atoms with Crippen LogP contribution in [0, 0.1) is 5.92 Å². The third-order valence-corrected chi connectivity index (χ3v) is 7.39. The Morgan fingerprint density at radius 3 is 2.57 bits per heavy atom. The van der Waals surface area contributed by atoms with E-state index in [1.54, 1.807) is 0 Å². The van der Waals surface area contributed by atoms with Crippen molar-refractivity contribution in [2.75, 3.05) is 13.1 Å². The van der Waals surface area contributed by atoms with Gasteiger partial charge in [-0.15, -0.1) is 11.3 Å². The van der Waals surface area contributed by atoms with Crippen molar-refractivity contribution in [3.05, 3.63) is 71.1 Å². The molecule has 0 radical (unpaired) electrons. The minimum atomic E-state index is -0.691. The van der Waals surface area contributed by atoms with Gasteiger partial charge in [0.2, 0.25) is 5.91 Å². The van der Waals surface area contributed by atoms with Crippen LogP contribution in [0.4, 0.5) is 0 Å². The number of amides is 2. The van der Waals surface area contributed by atoms with Crippen LogP contribution in [0.1, 0.15) is 48.3 Å². The largest absolute Gasteiger partial charge is 0.344 e. The fourth-order valence-electron chi connectivity index (χ4n) is 4.52. The molecule has 1 fully saturated rings. The van der Waals surface area contributed by atoms with Crippen LogP contribution in [0.2, 0.25) is 0 Å². The number of carbonyl (C=O) groups is 3. The maximum Gasteiger partial charge on any atom is 0.262 e. The van der Waals surface area contributed by atoms with Crippen molar-refractivity contribution in [1.29, 1.82) is 0 Å². The number of thiophene rings is 1. The maximum absolute atomic E-state index is 13.2. The lowest BCUT2D eigenvalue weighted by atomic mass is 10.0. The number of nitrogens with one attached hydrogen (secondary N) is 2. The van der Waals surface area contributed by atoms with Crippen molar-refractivity contribution < 1.29 is 14.4 Å². The van der Waals surface area contributed by atoms with Crippen molar-refractivity contribution >= 4 is 39.0 Å². The minimum Gasteiger partial charge on any atom is -0.344 e. The van der Waals surface area contributed by atoms with Gasteiger partial charge in [-0.05, 0) is 54.8 Å². The van der Waals surface area contributed by atoms with Crippen molar-refractivity contribution in [2.45, 2.75) is 51.7 Å². The molecule has 1 saturated heterocycles. The van der Waals surface area contributed by atoms with Gasteiger partial charge in [-0.25, -0.2) is 0 Å². The third kappa shape index (κ3) is 6.77. The maximum atomic E-state index is 13.2. The van der Waals surface area contributed by atoms with Crippen LogP contribution in [0.15, 0.2) is 60.7 Å². The quantitative estimate of drug-likeness (QED) is 0.490. The van der Waals surface area contributed by atoms with Crippen LogP contribution in [0.3, 0.4) is 0 Å². The molecule has 35 heavy (non-hydrogen) atoms. The van der Waals surface area contributed by atoms with E-state index in [1.807, 2.05) is 62.4 Å². The molecule has 2 heterocycles. The van der Waals surface area contributed by atoms with Crippen LogP contribution in [-0.2, 0) is 16.1 Å². The Hall–Kier alpha value is -3.03. The minimum absolute atomic E-state index is 0.0194. The number of nitrogens with zero attached hydrogens (tertiary/aromatic N) is 1. The molecule has 1 unspecified atom stereocenters. The molecule has 6 nitrogen and oxygen atoms in total. The lowest BCUT2D eigenvalue weighted by Gasteiger charge is -2.23. The summed E-state index contributed by atoms with van der Waals surface area (Å²) in [4.78, 5) is 41.9. The Morgan fingerprint density at radius 2 is 1.83 bits per heavy atom. The summed E-state index contributed by atoms with van der Waals surface area (Å²) in [6.07, 6.45) is 1.94. The summed E-state index contributed by atoms with van der Waals surface area (Å²) in [5.74, 6) is -0.318. The predicted molar refractivity (Wildman–Crippen MR) is 140 cm³/mol. The van der Waals surface area contributed by atoms with Gasteiger partial charge >= 0.3 is 0 Å². The zero-order valence-corrected chi connectivity index (χ0v) is 21.1. The molecule has 7 heteroatoms. The second-order valence-corrected chi connectivity index (χ2v) is 10.8. The molecule has 0 aliphatic carbocycles. The van der Waals surface area contributed by atoms with Gasteiger partial charge in [0.15, 0.2) is 5.78 Å². The normalized spacial score (nSPS) is 17.8. The fraction of sp³-hybridized carbons (Fsp3) is 0.393. The second-order valence-electron chi connectivity index (χ2n) is 9.67. The molecule has 2 N–H and O–H groups in total. The monoisotopic (exact) mass is 491 g/mol. The van der Waals surface area contributed by atoms with E-state index >= 15 is 0 Å².